The molecule has 2 N–H and O–H groups in total. The molecule has 0 radical (unpaired) electrons. The van der Waals surface area contributed by atoms with E-state index in [1.165, 1.54) is 12.5 Å². The first-order valence-corrected chi connectivity index (χ1v) is 6.39. The second-order valence-corrected chi connectivity index (χ2v) is 4.85. The number of aryl methyl sites for hydroxylation is 1. The molecule has 1 aromatic carbocycles. The van der Waals surface area contributed by atoms with Gasteiger partial charge in [0.15, 0.2) is 0 Å². The Hall–Kier alpha value is -2.10. The molecule has 1 aromatic rings. The van der Waals surface area contributed by atoms with Crippen LogP contribution in [0.25, 0.3) is 6.08 Å². The van der Waals surface area contributed by atoms with Gasteiger partial charge in [-0.2, -0.15) is 0 Å². The lowest BCUT2D eigenvalue weighted by molar-refractivity contribution is -0.131. The maximum atomic E-state index is 12.1. The van der Waals surface area contributed by atoms with Gasteiger partial charge in [0.25, 0.3) is 5.91 Å². The Morgan fingerprint density at radius 2 is 2.11 bits per heavy atom. The van der Waals surface area contributed by atoms with Gasteiger partial charge in [-0.15, -0.1) is 0 Å². The van der Waals surface area contributed by atoms with Gasteiger partial charge in [-0.3, -0.25) is 4.79 Å². The van der Waals surface area contributed by atoms with E-state index in [0.29, 0.717) is 17.2 Å². The fourth-order valence-electron chi connectivity index (χ4n) is 1.97. The van der Waals surface area contributed by atoms with Crippen LogP contribution in [-0.2, 0) is 4.79 Å². The minimum absolute atomic E-state index is 0.0761. The second-order valence-electron chi connectivity index (χ2n) is 4.85. The molecule has 4 heteroatoms. The molecule has 0 unspecified atom stereocenters. The number of carbonyl (C=O) groups is 2. The highest BCUT2D eigenvalue weighted by molar-refractivity contribution is 5.96. The first-order valence-electron chi connectivity index (χ1n) is 6.39. The molecular formula is C15H17NO3. The van der Waals surface area contributed by atoms with Gasteiger partial charge in [-0.1, -0.05) is 12.1 Å². The Morgan fingerprint density at radius 1 is 1.37 bits per heavy atom. The zero-order chi connectivity index (χ0) is 13.8. The van der Waals surface area contributed by atoms with Crippen LogP contribution in [0.15, 0.2) is 24.3 Å². The summed E-state index contributed by atoms with van der Waals surface area (Å²) in [5.74, 6) is -1.08. The molecule has 0 aliphatic heterocycles. The molecule has 0 spiro atoms. The lowest BCUT2D eigenvalue weighted by Crippen LogP contribution is -2.39. The number of aliphatic carboxylic acids is 1. The second kappa shape index (κ2) is 5.69. The molecule has 0 bridgehead atoms. The molecule has 0 aromatic heterocycles. The molecule has 100 valence electrons. The molecule has 1 fully saturated rings. The van der Waals surface area contributed by atoms with Crippen molar-refractivity contribution < 1.29 is 14.7 Å². The average Bonchev–Trinajstić information content (AvgIpc) is 2.32. The van der Waals surface area contributed by atoms with Gasteiger partial charge in [-0.25, -0.2) is 4.79 Å². The number of carboxylic acids is 1. The lowest BCUT2D eigenvalue weighted by atomic mass is 9.92. The summed E-state index contributed by atoms with van der Waals surface area (Å²) in [6.07, 6.45) is 5.82. The van der Waals surface area contributed by atoms with Crippen LogP contribution in [0, 0.1) is 6.92 Å². The number of nitrogens with one attached hydrogen (secondary N) is 1. The van der Waals surface area contributed by atoms with Crippen LogP contribution >= 0.6 is 0 Å². The average molecular weight is 259 g/mol. The van der Waals surface area contributed by atoms with Crippen molar-refractivity contribution >= 4 is 18.0 Å². The van der Waals surface area contributed by atoms with Gasteiger partial charge in [0, 0.05) is 17.7 Å². The predicted molar refractivity (Wildman–Crippen MR) is 73.0 cm³/mol. The van der Waals surface area contributed by atoms with Crippen molar-refractivity contribution in [2.24, 2.45) is 0 Å². The summed E-state index contributed by atoms with van der Waals surface area (Å²) >= 11 is 0. The van der Waals surface area contributed by atoms with Crippen molar-refractivity contribution in [2.45, 2.75) is 32.2 Å². The topological polar surface area (TPSA) is 66.4 Å². The molecule has 0 heterocycles. The molecule has 0 saturated heterocycles. The first kappa shape index (κ1) is 13.3. The van der Waals surface area contributed by atoms with Crippen molar-refractivity contribution in [3.05, 3.63) is 41.0 Å². The van der Waals surface area contributed by atoms with Gasteiger partial charge in [0.1, 0.15) is 0 Å². The van der Waals surface area contributed by atoms with Gasteiger partial charge < -0.3 is 10.4 Å². The Balaban J connectivity index is 2.15. The SMILES string of the molecule is Cc1ccc(C=CC(=O)O)cc1C(=O)NC1CCC1. The molecule has 1 aliphatic carbocycles. The first-order chi connectivity index (χ1) is 9.06. The Bertz CT molecular complexity index is 530. The lowest BCUT2D eigenvalue weighted by Gasteiger charge is -2.26. The zero-order valence-corrected chi connectivity index (χ0v) is 10.8. The third-order valence-corrected chi connectivity index (χ3v) is 3.37. The van der Waals surface area contributed by atoms with E-state index < -0.39 is 5.97 Å². The highest BCUT2D eigenvalue weighted by Crippen LogP contribution is 2.19. The summed E-state index contributed by atoms with van der Waals surface area (Å²) in [7, 11) is 0. The largest absolute Gasteiger partial charge is 0.478 e. The van der Waals surface area contributed by atoms with Crippen LogP contribution in [0.1, 0.15) is 40.7 Å². The molecule has 1 saturated carbocycles. The molecular weight excluding hydrogens is 242 g/mol. The highest BCUT2D eigenvalue weighted by Gasteiger charge is 2.20. The summed E-state index contributed by atoms with van der Waals surface area (Å²) in [4.78, 5) is 22.6. The number of rotatable bonds is 4. The summed E-state index contributed by atoms with van der Waals surface area (Å²) in [5, 5.41) is 11.6. The van der Waals surface area contributed by atoms with Crippen molar-refractivity contribution in [3.63, 3.8) is 0 Å². The summed E-state index contributed by atoms with van der Waals surface area (Å²) in [6, 6.07) is 5.65. The quantitative estimate of drug-likeness (QED) is 0.816. The molecule has 2 rings (SSSR count). The molecule has 4 nitrogen and oxygen atoms in total. The predicted octanol–water partition coefficient (Wildman–Crippen LogP) is 2.38. The van der Waals surface area contributed by atoms with Crippen LogP contribution in [0.3, 0.4) is 0 Å². The van der Waals surface area contributed by atoms with Crippen LogP contribution in [-0.4, -0.2) is 23.0 Å². The molecule has 1 amide bonds. The Kier molecular flexibility index (Phi) is 4.00. The van der Waals surface area contributed by atoms with Crippen molar-refractivity contribution in [1.82, 2.24) is 5.32 Å². The van der Waals surface area contributed by atoms with E-state index in [0.717, 1.165) is 24.5 Å². The fourth-order valence-corrected chi connectivity index (χ4v) is 1.97. The third kappa shape index (κ3) is 3.44. The minimum atomic E-state index is -0.999. The van der Waals surface area contributed by atoms with E-state index in [9.17, 15) is 9.59 Å². The molecule has 0 atom stereocenters. The monoisotopic (exact) mass is 259 g/mol. The van der Waals surface area contributed by atoms with Crippen LogP contribution in [0.5, 0.6) is 0 Å². The van der Waals surface area contributed by atoms with E-state index in [1.54, 1.807) is 12.1 Å². The van der Waals surface area contributed by atoms with Crippen LogP contribution in [0.4, 0.5) is 0 Å². The van der Waals surface area contributed by atoms with Crippen LogP contribution in [0.2, 0.25) is 0 Å². The van der Waals surface area contributed by atoms with E-state index in [-0.39, 0.29) is 5.91 Å². The summed E-state index contributed by atoms with van der Waals surface area (Å²) in [5.41, 5.74) is 2.22. The minimum Gasteiger partial charge on any atom is -0.478 e. The van der Waals surface area contributed by atoms with E-state index in [4.69, 9.17) is 5.11 Å². The van der Waals surface area contributed by atoms with Gasteiger partial charge >= 0.3 is 5.97 Å². The van der Waals surface area contributed by atoms with Crippen molar-refractivity contribution in [2.75, 3.05) is 0 Å². The number of carbonyl (C=O) groups excluding carboxylic acids is 1. The number of amides is 1. The Morgan fingerprint density at radius 3 is 2.68 bits per heavy atom. The smallest absolute Gasteiger partial charge is 0.328 e. The van der Waals surface area contributed by atoms with E-state index in [2.05, 4.69) is 5.32 Å². The fraction of sp³-hybridized carbons (Fsp3) is 0.333. The van der Waals surface area contributed by atoms with Gasteiger partial charge in [-0.05, 0) is 49.5 Å². The number of benzene rings is 1. The summed E-state index contributed by atoms with van der Waals surface area (Å²) < 4.78 is 0. The number of hydrogen-bond donors (Lipinski definition) is 2. The maximum Gasteiger partial charge on any atom is 0.328 e. The van der Waals surface area contributed by atoms with E-state index >= 15 is 0 Å². The standard InChI is InChI=1S/C15H17NO3/c1-10-5-6-11(7-8-14(17)18)9-13(10)15(19)16-12-3-2-4-12/h5-9,12H,2-4H2,1H3,(H,16,19)(H,17,18). The number of carboxylic acid groups (broad SMARTS) is 1. The van der Waals surface area contributed by atoms with Crippen molar-refractivity contribution in [1.29, 1.82) is 0 Å². The molecule has 1 aliphatic rings. The van der Waals surface area contributed by atoms with E-state index in [1.807, 2.05) is 13.0 Å². The number of hydrogen-bond acceptors (Lipinski definition) is 2. The van der Waals surface area contributed by atoms with Gasteiger partial charge in [0.2, 0.25) is 0 Å². The highest BCUT2D eigenvalue weighted by atomic mass is 16.4. The Labute approximate surface area is 112 Å². The third-order valence-electron chi connectivity index (χ3n) is 3.37. The summed E-state index contributed by atoms with van der Waals surface area (Å²) in [6.45, 7) is 1.88. The molecule has 19 heavy (non-hydrogen) atoms. The van der Waals surface area contributed by atoms with Crippen LogP contribution < -0.4 is 5.32 Å². The van der Waals surface area contributed by atoms with Gasteiger partial charge in [0.05, 0.1) is 0 Å². The zero-order valence-electron chi connectivity index (χ0n) is 10.8. The van der Waals surface area contributed by atoms with Crippen molar-refractivity contribution in [3.8, 4) is 0 Å². The maximum absolute atomic E-state index is 12.1. The normalized spacial score (nSPS) is 15.2.